The van der Waals surface area contributed by atoms with Gasteiger partial charge in [-0.25, -0.2) is 0 Å². The van der Waals surface area contributed by atoms with Crippen LogP contribution in [0.15, 0.2) is 29.3 Å². The van der Waals surface area contributed by atoms with Gasteiger partial charge in [-0.05, 0) is 57.6 Å². The topological polar surface area (TPSA) is 61.4 Å². The fraction of sp³-hybridized carbons (Fsp3) is 0.682. The summed E-state index contributed by atoms with van der Waals surface area (Å²) in [6.45, 7) is 9.40. The average Bonchev–Trinajstić information content (AvgIpc) is 3.27. The van der Waals surface area contributed by atoms with E-state index in [1.807, 2.05) is 6.07 Å². The Balaban J connectivity index is 0.00000450. The van der Waals surface area contributed by atoms with Crippen LogP contribution in [0, 0.1) is 0 Å². The molecule has 0 amide bonds. The molecule has 2 rings (SSSR count). The number of rotatable bonds is 12. The molecular weight excluding hydrogens is 493 g/mol. The van der Waals surface area contributed by atoms with Crippen molar-refractivity contribution < 1.29 is 9.47 Å². The van der Waals surface area contributed by atoms with Crippen LogP contribution < -0.4 is 15.4 Å². The number of aliphatic imine (C=N–C) groups is 1. The van der Waals surface area contributed by atoms with E-state index in [1.165, 1.54) is 18.4 Å². The lowest BCUT2D eigenvalue weighted by Crippen LogP contribution is -2.42. The summed E-state index contributed by atoms with van der Waals surface area (Å²) in [5.74, 6) is 1.78. The summed E-state index contributed by atoms with van der Waals surface area (Å²) in [5.41, 5.74) is 1.27. The van der Waals surface area contributed by atoms with Gasteiger partial charge in [0.1, 0.15) is 5.75 Å². The van der Waals surface area contributed by atoms with Crippen molar-refractivity contribution in [2.45, 2.75) is 25.8 Å². The number of likely N-dealkylation sites (tertiary alicyclic amines) is 1. The lowest BCUT2D eigenvalue weighted by molar-refractivity contribution is 0.162. The van der Waals surface area contributed by atoms with Crippen molar-refractivity contribution in [3.8, 4) is 5.75 Å². The number of likely N-dealkylation sites (N-methyl/N-ethyl adjacent to an activating group) is 1. The number of methoxy groups -OCH3 is 2. The fourth-order valence-electron chi connectivity index (χ4n) is 3.58. The van der Waals surface area contributed by atoms with Gasteiger partial charge in [0.25, 0.3) is 0 Å². The number of guanidine groups is 1. The van der Waals surface area contributed by atoms with Crippen LogP contribution in [-0.4, -0.2) is 89.4 Å². The molecule has 0 saturated carbocycles. The minimum absolute atomic E-state index is 0. The van der Waals surface area contributed by atoms with Crippen LogP contribution in [0.3, 0.4) is 0 Å². The molecular formula is C22H40IN5O2. The molecule has 0 spiro atoms. The molecule has 0 aromatic heterocycles. The first-order valence-corrected chi connectivity index (χ1v) is 10.8. The van der Waals surface area contributed by atoms with E-state index in [9.17, 15) is 0 Å². The van der Waals surface area contributed by atoms with Gasteiger partial charge in [0.05, 0.1) is 26.3 Å². The lowest BCUT2D eigenvalue weighted by atomic mass is 10.1. The first-order chi connectivity index (χ1) is 14.2. The molecule has 0 radical (unpaired) electrons. The first kappa shape index (κ1) is 26.9. The molecule has 30 heavy (non-hydrogen) atoms. The predicted octanol–water partition coefficient (Wildman–Crippen LogP) is 2.58. The van der Waals surface area contributed by atoms with Crippen molar-refractivity contribution >= 4 is 29.9 Å². The second kappa shape index (κ2) is 15.7. The maximum atomic E-state index is 5.44. The molecule has 7 nitrogen and oxygen atoms in total. The third-order valence-electron chi connectivity index (χ3n) is 5.29. The Morgan fingerprint density at radius 2 is 1.97 bits per heavy atom. The number of nitrogens with zero attached hydrogens (tertiary/aromatic N) is 3. The highest BCUT2D eigenvalue weighted by Crippen LogP contribution is 2.27. The molecule has 1 saturated heterocycles. The Labute approximate surface area is 199 Å². The van der Waals surface area contributed by atoms with Crippen LogP contribution in [0.2, 0.25) is 0 Å². The minimum atomic E-state index is 0. The molecule has 1 aromatic carbocycles. The third kappa shape index (κ3) is 9.36. The molecule has 1 unspecified atom stereocenters. The number of hydrogen-bond donors (Lipinski definition) is 2. The fourth-order valence-corrected chi connectivity index (χ4v) is 3.58. The van der Waals surface area contributed by atoms with E-state index < -0.39 is 0 Å². The SMILES string of the molecule is CCNC(=NCC(c1cccc(OC)c1)N1CCCC1)NCCN(C)CCOC.I. The van der Waals surface area contributed by atoms with Gasteiger partial charge in [-0.15, -0.1) is 24.0 Å². The van der Waals surface area contributed by atoms with Gasteiger partial charge in [-0.1, -0.05) is 12.1 Å². The van der Waals surface area contributed by atoms with Crippen LogP contribution in [0.25, 0.3) is 0 Å². The van der Waals surface area contributed by atoms with Crippen molar-refractivity contribution in [1.29, 1.82) is 0 Å². The normalized spacial score (nSPS) is 15.7. The number of benzene rings is 1. The predicted molar refractivity (Wildman–Crippen MR) is 135 cm³/mol. The zero-order valence-corrected chi connectivity index (χ0v) is 21.4. The van der Waals surface area contributed by atoms with Crippen molar-refractivity contribution in [2.75, 3.05) is 73.7 Å². The Hall–Kier alpha value is -1.10. The Kier molecular flexibility index (Phi) is 14.1. The quantitative estimate of drug-likeness (QED) is 0.245. The van der Waals surface area contributed by atoms with Gasteiger partial charge in [0.2, 0.25) is 0 Å². The van der Waals surface area contributed by atoms with Gasteiger partial charge in [0, 0.05) is 33.3 Å². The van der Waals surface area contributed by atoms with Gasteiger partial charge in [-0.2, -0.15) is 0 Å². The van der Waals surface area contributed by atoms with E-state index in [-0.39, 0.29) is 30.0 Å². The molecule has 1 aliphatic heterocycles. The van der Waals surface area contributed by atoms with E-state index in [0.29, 0.717) is 0 Å². The van der Waals surface area contributed by atoms with Crippen LogP contribution in [0.5, 0.6) is 5.75 Å². The highest BCUT2D eigenvalue weighted by Gasteiger charge is 2.23. The lowest BCUT2D eigenvalue weighted by Gasteiger charge is -2.27. The standard InChI is InChI=1S/C22H39N5O2.HI/c1-5-23-22(24-11-14-26(2)15-16-28-3)25-18-21(27-12-6-7-13-27)19-9-8-10-20(17-19)29-4;/h8-10,17,21H,5-7,11-16,18H2,1-4H3,(H2,23,24,25);1H. The monoisotopic (exact) mass is 533 g/mol. The molecule has 1 aromatic rings. The highest BCUT2D eigenvalue weighted by molar-refractivity contribution is 14.0. The number of halogens is 1. The summed E-state index contributed by atoms with van der Waals surface area (Å²) in [6, 6.07) is 8.67. The molecule has 1 atom stereocenters. The summed E-state index contributed by atoms with van der Waals surface area (Å²) in [4.78, 5) is 9.71. The number of ether oxygens (including phenoxy) is 2. The van der Waals surface area contributed by atoms with Crippen molar-refractivity contribution in [3.63, 3.8) is 0 Å². The molecule has 8 heteroatoms. The van der Waals surface area contributed by atoms with Crippen molar-refractivity contribution in [1.82, 2.24) is 20.4 Å². The Morgan fingerprint density at radius 1 is 1.20 bits per heavy atom. The Bertz CT molecular complexity index is 611. The molecule has 172 valence electrons. The highest BCUT2D eigenvalue weighted by atomic mass is 127. The van der Waals surface area contributed by atoms with E-state index in [1.54, 1.807) is 14.2 Å². The zero-order valence-electron chi connectivity index (χ0n) is 19.0. The largest absolute Gasteiger partial charge is 0.497 e. The smallest absolute Gasteiger partial charge is 0.191 e. The van der Waals surface area contributed by atoms with Crippen LogP contribution >= 0.6 is 24.0 Å². The molecule has 1 fully saturated rings. The first-order valence-electron chi connectivity index (χ1n) is 10.8. The molecule has 1 aliphatic rings. The number of hydrogen-bond acceptors (Lipinski definition) is 5. The second-order valence-corrected chi connectivity index (χ2v) is 7.48. The summed E-state index contributed by atoms with van der Waals surface area (Å²) >= 11 is 0. The van der Waals surface area contributed by atoms with E-state index in [4.69, 9.17) is 14.5 Å². The Morgan fingerprint density at radius 3 is 2.63 bits per heavy atom. The average molecular weight is 533 g/mol. The van der Waals surface area contributed by atoms with Crippen LogP contribution in [0.4, 0.5) is 0 Å². The summed E-state index contributed by atoms with van der Waals surface area (Å²) < 4.78 is 10.6. The van der Waals surface area contributed by atoms with E-state index in [0.717, 1.165) is 64.1 Å². The molecule has 0 aliphatic carbocycles. The minimum Gasteiger partial charge on any atom is -0.497 e. The molecule has 0 bridgehead atoms. The van der Waals surface area contributed by atoms with Gasteiger partial charge in [0.15, 0.2) is 5.96 Å². The van der Waals surface area contributed by atoms with Gasteiger partial charge in [-0.3, -0.25) is 9.89 Å². The molecule has 2 N–H and O–H groups in total. The van der Waals surface area contributed by atoms with E-state index >= 15 is 0 Å². The zero-order chi connectivity index (χ0) is 20.9. The van der Waals surface area contributed by atoms with Gasteiger partial charge < -0.3 is 25.0 Å². The maximum absolute atomic E-state index is 5.44. The van der Waals surface area contributed by atoms with Crippen LogP contribution in [-0.2, 0) is 4.74 Å². The van der Waals surface area contributed by atoms with Gasteiger partial charge >= 0.3 is 0 Å². The third-order valence-corrected chi connectivity index (χ3v) is 5.29. The summed E-state index contributed by atoms with van der Waals surface area (Å²) in [5, 5.41) is 6.83. The summed E-state index contributed by atoms with van der Waals surface area (Å²) in [6.07, 6.45) is 2.52. The van der Waals surface area contributed by atoms with E-state index in [2.05, 4.69) is 52.6 Å². The molecule has 1 heterocycles. The van der Waals surface area contributed by atoms with Crippen molar-refractivity contribution in [2.24, 2.45) is 4.99 Å². The van der Waals surface area contributed by atoms with Crippen molar-refractivity contribution in [3.05, 3.63) is 29.8 Å². The second-order valence-electron chi connectivity index (χ2n) is 7.48. The maximum Gasteiger partial charge on any atom is 0.191 e. The summed E-state index contributed by atoms with van der Waals surface area (Å²) in [7, 11) is 5.57. The van der Waals surface area contributed by atoms with Crippen LogP contribution in [0.1, 0.15) is 31.4 Å². The number of nitrogens with one attached hydrogen (secondary N) is 2.